The van der Waals surface area contributed by atoms with Gasteiger partial charge in [0.25, 0.3) is 0 Å². The summed E-state index contributed by atoms with van der Waals surface area (Å²) in [5, 5.41) is 0.521. The van der Waals surface area contributed by atoms with Gasteiger partial charge >= 0.3 is 0 Å². The summed E-state index contributed by atoms with van der Waals surface area (Å²) in [6.07, 6.45) is 1.73. The van der Waals surface area contributed by atoms with Crippen molar-refractivity contribution >= 4 is 29.0 Å². The maximum absolute atomic E-state index is 11.9. The van der Waals surface area contributed by atoms with Crippen molar-refractivity contribution in [3.8, 4) is 0 Å². The first-order chi connectivity index (χ1) is 8.30. The molecule has 0 aliphatic carbocycles. The molecule has 0 aliphatic heterocycles. The summed E-state index contributed by atoms with van der Waals surface area (Å²) in [5.41, 5.74) is 1.04. The molecular formula is C14H21NOS2. The van der Waals surface area contributed by atoms with Crippen LogP contribution in [0.1, 0.15) is 40.2 Å². The molecule has 1 atom stereocenters. The SMILES string of the molecule is CC(C)Sc1ccccc1C=NS(=O)C(C)(C)C. The Hall–Kier alpha value is -0.610. The van der Waals surface area contributed by atoms with Crippen LogP contribution in [-0.2, 0) is 11.0 Å². The van der Waals surface area contributed by atoms with Gasteiger partial charge in [-0.2, -0.15) is 4.40 Å². The third-order valence-corrected chi connectivity index (χ3v) is 4.53. The summed E-state index contributed by atoms with van der Waals surface area (Å²) in [7, 11) is -1.20. The molecule has 100 valence electrons. The van der Waals surface area contributed by atoms with Crippen molar-refractivity contribution in [2.45, 2.75) is 49.5 Å². The number of benzene rings is 1. The van der Waals surface area contributed by atoms with Gasteiger partial charge in [-0.05, 0) is 26.8 Å². The summed E-state index contributed by atoms with van der Waals surface area (Å²) in [5.74, 6) is 0. The molecule has 1 unspecified atom stereocenters. The number of hydrogen-bond acceptors (Lipinski definition) is 2. The molecule has 0 fully saturated rings. The molecule has 18 heavy (non-hydrogen) atoms. The van der Waals surface area contributed by atoms with E-state index in [-0.39, 0.29) is 4.75 Å². The smallest absolute Gasteiger partial charge is 0.144 e. The van der Waals surface area contributed by atoms with Crippen LogP contribution in [0.4, 0.5) is 0 Å². The number of nitrogens with zero attached hydrogens (tertiary/aromatic N) is 1. The van der Waals surface area contributed by atoms with Gasteiger partial charge in [-0.15, -0.1) is 11.8 Å². The van der Waals surface area contributed by atoms with Crippen LogP contribution in [0.5, 0.6) is 0 Å². The summed E-state index contributed by atoms with van der Waals surface area (Å²) in [6, 6.07) is 8.08. The fourth-order valence-electron chi connectivity index (χ4n) is 1.21. The first-order valence-electron chi connectivity index (χ1n) is 6.02. The lowest BCUT2D eigenvalue weighted by Gasteiger charge is -2.13. The van der Waals surface area contributed by atoms with Crippen LogP contribution in [-0.4, -0.2) is 20.4 Å². The third-order valence-electron chi connectivity index (χ3n) is 2.09. The van der Waals surface area contributed by atoms with Crippen molar-refractivity contribution in [3.63, 3.8) is 0 Å². The largest absolute Gasteiger partial charge is 0.234 e. The highest BCUT2D eigenvalue weighted by molar-refractivity contribution is 8.00. The Labute approximate surface area is 117 Å². The number of rotatable bonds is 4. The second-order valence-corrected chi connectivity index (χ2v) is 8.85. The molecule has 2 nitrogen and oxygen atoms in total. The second kappa shape index (κ2) is 6.53. The first kappa shape index (κ1) is 15.4. The minimum Gasteiger partial charge on any atom is -0.234 e. The maximum atomic E-state index is 11.9. The Bertz CT molecular complexity index is 447. The minimum absolute atomic E-state index is 0.309. The predicted molar refractivity (Wildman–Crippen MR) is 82.9 cm³/mol. The van der Waals surface area contributed by atoms with Crippen LogP contribution in [0, 0.1) is 0 Å². The zero-order valence-corrected chi connectivity index (χ0v) is 13.3. The molecule has 1 aromatic carbocycles. The van der Waals surface area contributed by atoms with Gasteiger partial charge in [-0.25, -0.2) is 4.21 Å². The highest BCUT2D eigenvalue weighted by Gasteiger charge is 2.18. The summed E-state index contributed by atoms with van der Waals surface area (Å²) >= 11 is 1.79. The average molecular weight is 283 g/mol. The molecule has 0 N–H and O–H groups in total. The lowest BCUT2D eigenvalue weighted by Crippen LogP contribution is -2.19. The molecule has 0 saturated carbocycles. The molecule has 0 heterocycles. The van der Waals surface area contributed by atoms with Gasteiger partial charge in [0.15, 0.2) is 0 Å². The van der Waals surface area contributed by atoms with E-state index in [0.29, 0.717) is 5.25 Å². The Morgan fingerprint density at radius 3 is 2.44 bits per heavy atom. The monoisotopic (exact) mass is 283 g/mol. The molecule has 0 amide bonds. The standard InChI is InChI=1S/C14H21NOS2/c1-11(2)17-13-9-7-6-8-12(13)10-15-18(16)14(3,4)5/h6-11H,1-5H3. The van der Waals surface area contributed by atoms with Crippen LogP contribution < -0.4 is 0 Å². The van der Waals surface area contributed by atoms with E-state index in [0.717, 1.165) is 5.56 Å². The molecule has 4 heteroatoms. The van der Waals surface area contributed by atoms with Crippen molar-refractivity contribution in [1.29, 1.82) is 0 Å². The molecule has 1 aromatic rings. The fourth-order valence-corrected chi connectivity index (χ4v) is 2.66. The normalized spacial score (nSPS) is 14.3. The highest BCUT2D eigenvalue weighted by Crippen LogP contribution is 2.25. The second-order valence-electron chi connectivity index (χ2n) is 5.30. The van der Waals surface area contributed by atoms with E-state index < -0.39 is 11.0 Å². The molecule has 0 aromatic heterocycles. The number of thioether (sulfide) groups is 1. The fraction of sp³-hybridized carbons (Fsp3) is 0.500. The zero-order chi connectivity index (χ0) is 13.8. The quantitative estimate of drug-likeness (QED) is 0.616. The molecular weight excluding hydrogens is 262 g/mol. The third kappa shape index (κ3) is 4.94. The first-order valence-corrected chi connectivity index (χ1v) is 8.01. The van der Waals surface area contributed by atoms with Crippen LogP contribution in [0.25, 0.3) is 0 Å². The Kier molecular flexibility index (Phi) is 5.60. The van der Waals surface area contributed by atoms with E-state index in [1.165, 1.54) is 4.90 Å². The van der Waals surface area contributed by atoms with Gasteiger partial charge in [0, 0.05) is 21.9 Å². The van der Waals surface area contributed by atoms with Crippen LogP contribution in [0.3, 0.4) is 0 Å². The van der Waals surface area contributed by atoms with Crippen molar-refractivity contribution in [2.24, 2.45) is 4.40 Å². The lowest BCUT2D eigenvalue weighted by molar-refractivity contribution is 0.651. The van der Waals surface area contributed by atoms with E-state index in [1.54, 1.807) is 18.0 Å². The Balaban J connectivity index is 2.91. The molecule has 0 bridgehead atoms. The molecule has 0 spiro atoms. The Morgan fingerprint density at radius 1 is 1.28 bits per heavy atom. The van der Waals surface area contributed by atoms with Crippen molar-refractivity contribution in [1.82, 2.24) is 0 Å². The minimum atomic E-state index is -1.20. The van der Waals surface area contributed by atoms with E-state index in [2.05, 4.69) is 24.3 Å². The predicted octanol–water partition coefficient (Wildman–Crippen LogP) is 4.07. The van der Waals surface area contributed by atoms with Crippen LogP contribution in [0.15, 0.2) is 33.6 Å². The highest BCUT2D eigenvalue weighted by atomic mass is 32.2. The Morgan fingerprint density at radius 2 is 1.89 bits per heavy atom. The average Bonchev–Trinajstić information content (AvgIpc) is 2.25. The van der Waals surface area contributed by atoms with Crippen molar-refractivity contribution in [3.05, 3.63) is 29.8 Å². The van der Waals surface area contributed by atoms with Crippen LogP contribution in [0.2, 0.25) is 0 Å². The molecule has 1 rings (SSSR count). The van der Waals surface area contributed by atoms with Crippen molar-refractivity contribution < 1.29 is 4.21 Å². The maximum Gasteiger partial charge on any atom is 0.144 e. The van der Waals surface area contributed by atoms with Gasteiger partial charge in [0.2, 0.25) is 0 Å². The van der Waals surface area contributed by atoms with Gasteiger partial charge < -0.3 is 0 Å². The van der Waals surface area contributed by atoms with Gasteiger partial charge in [-0.1, -0.05) is 32.0 Å². The van der Waals surface area contributed by atoms with E-state index >= 15 is 0 Å². The topological polar surface area (TPSA) is 29.4 Å². The summed E-state index contributed by atoms with van der Waals surface area (Å²) < 4.78 is 15.7. The van der Waals surface area contributed by atoms with Crippen molar-refractivity contribution in [2.75, 3.05) is 0 Å². The lowest BCUT2D eigenvalue weighted by atomic mass is 10.2. The van der Waals surface area contributed by atoms with E-state index in [4.69, 9.17) is 0 Å². The van der Waals surface area contributed by atoms with E-state index in [9.17, 15) is 4.21 Å². The summed E-state index contributed by atoms with van der Waals surface area (Å²) in [4.78, 5) is 1.18. The van der Waals surface area contributed by atoms with Gasteiger partial charge in [0.1, 0.15) is 11.0 Å². The van der Waals surface area contributed by atoms with Crippen LogP contribution >= 0.6 is 11.8 Å². The molecule has 0 aliphatic rings. The summed E-state index contributed by atoms with van der Waals surface area (Å²) in [6.45, 7) is 10.1. The number of hydrogen-bond donors (Lipinski definition) is 0. The van der Waals surface area contributed by atoms with E-state index in [1.807, 2.05) is 39.0 Å². The zero-order valence-electron chi connectivity index (χ0n) is 11.6. The molecule has 0 saturated heterocycles. The van der Waals surface area contributed by atoms with Gasteiger partial charge in [-0.3, -0.25) is 0 Å². The molecule has 0 radical (unpaired) electrons. The van der Waals surface area contributed by atoms with Gasteiger partial charge in [0.05, 0.1) is 4.75 Å².